The van der Waals surface area contributed by atoms with E-state index in [1.54, 1.807) is 31.2 Å². The number of sulfonamides is 1. The van der Waals surface area contributed by atoms with Crippen molar-refractivity contribution in [1.82, 2.24) is 0 Å². The van der Waals surface area contributed by atoms with E-state index < -0.39 is 28.4 Å². The standard InChI is InChI=1S/C26H27ClN2O5S/c1-4-19-8-6-7-9-24(19)29(35(32,33)21-13-10-18(3)11-14-21)17-25(30)28-20-12-15-22(23(27)16-20)26(31)34-5-2/h6-16H,4-5,17H2,1-3H3,(H,28,30). The van der Waals surface area contributed by atoms with E-state index in [-0.39, 0.29) is 22.1 Å². The molecular formula is C26H27ClN2O5S. The van der Waals surface area contributed by atoms with Crippen LogP contribution in [-0.2, 0) is 26.0 Å². The minimum absolute atomic E-state index is 0.0867. The summed E-state index contributed by atoms with van der Waals surface area (Å²) in [5.74, 6) is -1.13. The summed E-state index contributed by atoms with van der Waals surface area (Å²) in [7, 11) is -4.04. The molecule has 3 aromatic rings. The number of para-hydroxylation sites is 1. The van der Waals surface area contributed by atoms with Crippen molar-refractivity contribution in [2.75, 3.05) is 22.8 Å². The largest absolute Gasteiger partial charge is 0.462 e. The number of halogens is 1. The minimum Gasteiger partial charge on any atom is -0.462 e. The number of anilines is 2. The highest BCUT2D eigenvalue weighted by Gasteiger charge is 2.28. The zero-order valence-corrected chi connectivity index (χ0v) is 21.3. The summed E-state index contributed by atoms with van der Waals surface area (Å²) in [4.78, 5) is 25.1. The first-order chi connectivity index (χ1) is 16.7. The van der Waals surface area contributed by atoms with E-state index in [9.17, 15) is 18.0 Å². The predicted molar refractivity (Wildman–Crippen MR) is 138 cm³/mol. The number of esters is 1. The SMILES string of the molecule is CCOC(=O)c1ccc(NC(=O)CN(c2ccccc2CC)S(=O)(=O)c2ccc(C)cc2)cc1Cl. The molecule has 0 spiro atoms. The molecular weight excluding hydrogens is 488 g/mol. The molecule has 0 aliphatic carbocycles. The summed E-state index contributed by atoms with van der Waals surface area (Å²) in [5.41, 5.74) is 2.64. The van der Waals surface area contributed by atoms with Crippen LogP contribution in [0.2, 0.25) is 5.02 Å². The highest BCUT2D eigenvalue weighted by atomic mass is 35.5. The highest BCUT2D eigenvalue weighted by molar-refractivity contribution is 7.92. The molecule has 184 valence electrons. The summed E-state index contributed by atoms with van der Waals surface area (Å²) in [5, 5.41) is 2.78. The van der Waals surface area contributed by atoms with Crippen molar-refractivity contribution in [3.8, 4) is 0 Å². The Morgan fingerprint density at radius 2 is 1.69 bits per heavy atom. The van der Waals surface area contributed by atoms with Gasteiger partial charge in [-0.1, -0.05) is 54.4 Å². The monoisotopic (exact) mass is 514 g/mol. The minimum atomic E-state index is -4.04. The van der Waals surface area contributed by atoms with Crippen molar-refractivity contribution < 1.29 is 22.7 Å². The molecule has 0 unspecified atom stereocenters. The zero-order valence-electron chi connectivity index (χ0n) is 19.7. The van der Waals surface area contributed by atoms with Crippen LogP contribution in [0.25, 0.3) is 0 Å². The first-order valence-corrected chi connectivity index (χ1v) is 12.9. The van der Waals surface area contributed by atoms with Gasteiger partial charge in [0.05, 0.1) is 27.8 Å². The number of nitrogens with zero attached hydrogens (tertiary/aromatic N) is 1. The van der Waals surface area contributed by atoms with Gasteiger partial charge in [-0.2, -0.15) is 0 Å². The third-order valence-electron chi connectivity index (χ3n) is 5.29. The molecule has 0 aromatic heterocycles. The van der Waals surface area contributed by atoms with E-state index >= 15 is 0 Å². The molecule has 7 nitrogen and oxygen atoms in total. The smallest absolute Gasteiger partial charge is 0.339 e. The van der Waals surface area contributed by atoms with Gasteiger partial charge in [-0.15, -0.1) is 0 Å². The fourth-order valence-electron chi connectivity index (χ4n) is 3.49. The molecule has 0 saturated carbocycles. The first-order valence-electron chi connectivity index (χ1n) is 11.1. The van der Waals surface area contributed by atoms with Gasteiger partial charge in [0.15, 0.2) is 0 Å². The van der Waals surface area contributed by atoms with Crippen molar-refractivity contribution in [3.63, 3.8) is 0 Å². The Balaban J connectivity index is 1.92. The maximum absolute atomic E-state index is 13.6. The fourth-order valence-corrected chi connectivity index (χ4v) is 5.20. The summed E-state index contributed by atoms with van der Waals surface area (Å²) in [6.07, 6.45) is 0.586. The molecule has 0 fully saturated rings. The van der Waals surface area contributed by atoms with E-state index in [1.807, 2.05) is 26.0 Å². The second-order valence-corrected chi connectivity index (χ2v) is 10.0. The number of hydrogen-bond acceptors (Lipinski definition) is 5. The summed E-state index contributed by atoms with van der Waals surface area (Å²) < 4.78 is 33.3. The average Bonchev–Trinajstić information content (AvgIpc) is 2.83. The van der Waals surface area contributed by atoms with E-state index in [1.165, 1.54) is 30.3 Å². The normalized spacial score (nSPS) is 11.1. The van der Waals surface area contributed by atoms with Gasteiger partial charge in [-0.3, -0.25) is 9.10 Å². The van der Waals surface area contributed by atoms with Crippen LogP contribution in [0, 0.1) is 6.92 Å². The maximum atomic E-state index is 13.6. The molecule has 0 bridgehead atoms. The van der Waals surface area contributed by atoms with Crippen LogP contribution in [0.3, 0.4) is 0 Å². The molecule has 0 aliphatic heterocycles. The Hall–Kier alpha value is -3.36. The number of aryl methyl sites for hydroxylation is 2. The van der Waals surface area contributed by atoms with Crippen molar-refractivity contribution in [3.05, 3.63) is 88.4 Å². The fraction of sp³-hybridized carbons (Fsp3) is 0.231. The molecule has 0 saturated heterocycles. The van der Waals surface area contributed by atoms with Gasteiger partial charge in [0, 0.05) is 5.69 Å². The van der Waals surface area contributed by atoms with Gasteiger partial charge in [0.2, 0.25) is 5.91 Å². The van der Waals surface area contributed by atoms with Crippen molar-refractivity contribution in [2.24, 2.45) is 0 Å². The third-order valence-corrected chi connectivity index (χ3v) is 7.37. The number of amides is 1. The first kappa shape index (κ1) is 26.2. The molecule has 1 amide bonds. The molecule has 0 heterocycles. The second-order valence-electron chi connectivity index (χ2n) is 7.77. The third kappa shape index (κ3) is 6.21. The van der Waals surface area contributed by atoms with Crippen LogP contribution >= 0.6 is 11.6 Å². The van der Waals surface area contributed by atoms with Gasteiger partial charge in [-0.05, 0) is 62.2 Å². The van der Waals surface area contributed by atoms with Gasteiger partial charge < -0.3 is 10.1 Å². The van der Waals surface area contributed by atoms with Gasteiger partial charge in [-0.25, -0.2) is 13.2 Å². The topological polar surface area (TPSA) is 92.8 Å². The van der Waals surface area contributed by atoms with Crippen LogP contribution in [0.1, 0.15) is 35.3 Å². The van der Waals surface area contributed by atoms with Crippen LogP contribution in [0.4, 0.5) is 11.4 Å². The van der Waals surface area contributed by atoms with Crippen LogP contribution < -0.4 is 9.62 Å². The number of nitrogens with one attached hydrogen (secondary N) is 1. The second kappa shape index (κ2) is 11.4. The van der Waals surface area contributed by atoms with Crippen LogP contribution in [0.5, 0.6) is 0 Å². The van der Waals surface area contributed by atoms with E-state index in [4.69, 9.17) is 16.3 Å². The van der Waals surface area contributed by atoms with E-state index in [2.05, 4.69) is 5.32 Å². The zero-order chi connectivity index (χ0) is 25.6. The van der Waals surface area contributed by atoms with Crippen molar-refractivity contribution in [2.45, 2.75) is 32.1 Å². The Labute approximate surface area is 210 Å². The number of benzene rings is 3. The molecule has 0 aliphatic rings. The average molecular weight is 515 g/mol. The number of rotatable bonds is 9. The number of carbonyl (C=O) groups excluding carboxylic acids is 2. The molecule has 35 heavy (non-hydrogen) atoms. The summed E-state index contributed by atoms with van der Waals surface area (Å²) in [6, 6.07) is 17.9. The van der Waals surface area contributed by atoms with Gasteiger partial charge in [0.25, 0.3) is 10.0 Å². The van der Waals surface area contributed by atoms with Crippen LogP contribution in [0.15, 0.2) is 71.6 Å². The predicted octanol–water partition coefficient (Wildman–Crippen LogP) is 5.22. The summed E-state index contributed by atoms with van der Waals surface area (Å²) >= 11 is 6.19. The number of ether oxygens (including phenoxy) is 1. The van der Waals surface area contributed by atoms with E-state index in [0.717, 1.165) is 15.4 Å². The highest BCUT2D eigenvalue weighted by Crippen LogP contribution is 2.28. The molecule has 0 radical (unpaired) electrons. The Morgan fingerprint density at radius 3 is 2.31 bits per heavy atom. The van der Waals surface area contributed by atoms with Gasteiger partial charge >= 0.3 is 5.97 Å². The molecule has 0 atom stereocenters. The van der Waals surface area contributed by atoms with Crippen molar-refractivity contribution >= 4 is 44.9 Å². The number of carbonyl (C=O) groups is 2. The van der Waals surface area contributed by atoms with Gasteiger partial charge in [0.1, 0.15) is 6.54 Å². The van der Waals surface area contributed by atoms with Crippen molar-refractivity contribution in [1.29, 1.82) is 0 Å². The number of hydrogen-bond donors (Lipinski definition) is 1. The Bertz CT molecular complexity index is 1320. The lowest BCUT2D eigenvalue weighted by atomic mass is 10.1. The Kier molecular flexibility index (Phi) is 8.53. The lowest BCUT2D eigenvalue weighted by molar-refractivity contribution is -0.114. The molecule has 1 N–H and O–H groups in total. The van der Waals surface area contributed by atoms with E-state index in [0.29, 0.717) is 17.8 Å². The van der Waals surface area contributed by atoms with Crippen LogP contribution in [-0.4, -0.2) is 33.4 Å². The lowest BCUT2D eigenvalue weighted by Gasteiger charge is -2.26. The molecule has 3 rings (SSSR count). The maximum Gasteiger partial charge on any atom is 0.339 e. The lowest BCUT2D eigenvalue weighted by Crippen LogP contribution is -2.38. The quantitative estimate of drug-likeness (QED) is 0.395. The Morgan fingerprint density at radius 1 is 1.00 bits per heavy atom. The molecule has 9 heteroatoms. The summed E-state index contributed by atoms with van der Waals surface area (Å²) in [6.45, 7) is 5.23. The molecule has 3 aromatic carbocycles.